The van der Waals surface area contributed by atoms with Gasteiger partial charge in [0.2, 0.25) is 0 Å². The van der Waals surface area contributed by atoms with Gasteiger partial charge in [0.25, 0.3) is 0 Å². The van der Waals surface area contributed by atoms with Gasteiger partial charge in [-0.2, -0.15) is 5.10 Å². The number of nitrogens with zero attached hydrogens (tertiary/aromatic N) is 2. The van der Waals surface area contributed by atoms with Gasteiger partial charge in [-0.15, -0.1) is 0 Å². The van der Waals surface area contributed by atoms with E-state index in [1.54, 1.807) is 0 Å². The Balaban J connectivity index is 1.99. The second kappa shape index (κ2) is 8.26. The smallest absolute Gasteiger partial charge is 0.0966 e. The number of aryl methyl sites for hydroxylation is 1. The fourth-order valence-corrected chi connectivity index (χ4v) is 3.63. The molecule has 0 fully saturated rings. The molecule has 0 bridgehead atoms. The molecule has 0 unspecified atom stereocenters. The molecule has 0 N–H and O–H groups in total. The maximum atomic E-state index is 5.12. The highest BCUT2D eigenvalue weighted by Gasteiger charge is 2.21. The Kier molecular flexibility index (Phi) is 5.38. The van der Waals surface area contributed by atoms with Gasteiger partial charge in [-0.1, -0.05) is 91.7 Å². The number of hydrogen-bond donors (Lipinski definition) is 0. The van der Waals surface area contributed by atoms with Crippen LogP contribution in [0.15, 0.2) is 84.9 Å². The topological polar surface area (TPSA) is 17.8 Å². The first kappa shape index (κ1) is 18.2. The van der Waals surface area contributed by atoms with Crippen molar-refractivity contribution in [3.05, 3.63) is 96.1 Å². The minimum Gasteiger partial charge on any atom is -0.232 e. The van der Waals surface area contributed by atoms with E-state index in [-0.39, 0.29) is 0 Å². The van der Waals surface area contributed by atoms with Crippen molar-refractivity contribution in [3.63, 3.8) is 0 Å². The summed E-state index contributed by atoms with van der Waals surface area (Å²) in [6, 6.07) is 29.8. The molecule has 1 aromatic heterocycles. The van der Waals surface area contributed by atoms with Crippen molar-refractivity contribution in [2.24, 2.45) is 0 Å². The van der Waals surface area contributed by atoms with Crippen LogP contribution in [0.1, 0.15) is 30.9 Å². The Hall–Kier alpha value is -3.13. The van der Waals surface area contributed by atoms with Gasteiger partial charge in [-0.3, -0.25) is 0 Å². The Labute approximate surface area is 167 Å². The lowest BCUT2D eigenvalue weighted by Gasteiger charge is -2.11. The standard InChI is InChI=1S/C26H26N2/c1-3-4-15-24-25(21-11-7-5-8-12-21)27-28(23-13-9-6-10-14-23)26(24)22-18-16-20(2)17-19-22/h5-14,16-19H,3-4,15H2,1-2H3. The van der Waals surface area contributed by atoms with Crippen LogP contribution in [0.3, 0.4) is 0 Å². The van der Waals surface area contributed by atoms with Crippen molar-refractivity contribution < 1.29 is 0 Å². The van der Waals surface area contributed by atoms with Crippen LogP contribution >= 0.6 is 0 Å². The van der Waals surface area contributed by atoms with Gasteiger partial charge < -0.3 is 0 Å². The number of para-hydroxylation sites is 1. The fraction of sp³-hybridized carbons (Fsp3) is 0.192. The van der Waals surface area contributed by atoms with Crippen LogP contribution in [0.25, 0.3) is 28.2 Å². The van der Waals surface area contributed by atoms with Crippen molar-refractivity contribution in [1.29, 1.82) is 0 Å². The largest absolute Gasteiger partial charge is 0.232 e. The van der Waals surface area contributed by atoms with E-state index in [1.165, 1.54) is 27.9 Å². The molecule has 0 spiro atoms. The normalized spacial score (nSPS) is 10.9. The second-order valence-corrected chi connectivity index (χ2v) is 7.26. The number of unbranched alkanes of at least 4 members (excludes halogenated alkanes) is 1. The van der Waals surface area contributed by atoms with E-state index < -0.39 is 0 Å². The Morgan fingerprint density at radius 3 is 2.04 bits per heavy atom. The Morgan fingerprint density at radius 2 is 1.39 bits per heavy atom. The Bertz CT molecular complexity index is 1030. The number of benzene rings is 3. The summed E-state index contributed by atoms with van der Waals surface area (Å²) >= 11 is 0. The maximum Gasteiger partial charge on any atom is 0.0966 e. The highest BCUT2D eigenvalue weighted by molar-refractivity contribution is 5.76. The third-order valence-corrected chi connectivity index (χ3v) is 5.14. The average molecular weight is 367 g/mol. The van der Waals surface area contributed by atoms with Gasteiger partial charge in [0.15, 0.2) is 0 Å². The average Bonchev–Trinajstić information content (AvgIpc) is 3.13. The van der Waals surface area contributed by atoms with Crippen LogP contribution in [0.4, 0.5) is 0 Å². The van der Waals surface area contributed by atoms with Crippen molar-refractivity contribution in [3.8, 4) is 28.2 Å². The quantitative estimate of drug-likeness (QED) is 0.364. The van der Waals surface area contributed by atoms with Crippen LogP contribution < -0.4 is 0 Å². The summed E-state index contributed by atoms with van der Waals surface area (Å²) < 4.78 is 2.12. The minimum absolute atomic E-state index is 1.02. The zero-order chi connectivity index (χ0) is 19.3. The molecule has 0 radical (unpaired) electrons. The van der Waals surface area contributed by atoms with Gasteiger partial charge in [0.05, 0.1) is 17.1 Å². The Morgan fingerprint density at radius 1 is 0.750 bits per heavy atom. The summed E-state index contributed by atoms with van der Waals surface area (Å²) in [4.78, 5) is 0. The summed E-state index contributed by atoms with van der Waals surface area (Å²) in [5, 5.41) is 5.12. The second-order valence-electron chi connectivity index (χ2n) is 7.26. The third-order valence-electron chi connectivity index (χ3n) is 5.14. The molecule has 140 valence electrons. The zero-order valence-electron chi connectivity index (χ0n) is 16.6. The highest BCUT2D eigenvalue weighted by atomic mass is 15.3. The van der Waals surface area contributed by atoms with E-state index in [0.29, 0.717) is 0 Å². The van der Waals surface area contributed by atoms with Crippen LogP contribution in [0.2, 0.25) is 0 Å². The predicted molar refractivity (Wildman–Crippen MR) is 118 cm³/mol. The van der Waals surface area contributed by atoms with E-state index >= 15 is 0 Å². The first-order chi connectivity index (χ1) is 13.8. The van der Waals surface area contributed by atoms with Gasteiger partial charge in [0.1, 0.15) is 0 Å². The molecular formula is C26H26N2. The number of aromatic nitrogens is 2. The van der Waals surface area contributed by atoms with Crippen LogP contribution in [0.5, 0.6) is 0 Å². The molecule has 28 heavy (non-hydrogen) atoms. The molecule has 0 aliphatic rings. The van der Waals surface area contributed by atoms with Crippen molar-refractivity contribution in [2.45, 2.75) is 33.1 Å². The molecule has 0 amide bonds. The molecule has 4 rings (SSSR count). The van der Waals surface area contributed by atoms with E-state index in [4.69, 9.17) is 5.10 Å². The summed E-state index contributed by atoms with van der Waals surface area (Å²) in [6.45, 7) is 4.38. The third kappa shape index (κ3) is 3.63. The SMILES string of the molecule is CCCCc1c(-c2ccccc2)nn(-c2ccccc2)c1-c1ccc(C)cc1. The van der Waals surface area contributed by atoms with Gasteiger partial charge in [-0.05, 0) is 31.9 Å². The van der Waals surface area contributed by atoms with Gasteiger partial charge in [0, 0.05) is 16.7 Å². The predicted octanol–water partition coefficient (Wildman–Crippen LogP) is 6.86. The molecule has 0 aliphatic heterocycles. The van der Waals surface area contributed by atoms with E-state index in [9.17, 15) is 0 Å². The molecular weight excluding hydrogens is 340 g/mol. The van der Waals surface area contributed by atoms with Crippen LogP contribution in [-0.2, 0) is 6.42 Å². The van der Waals surface area contributed by atoms with Crippen molar-refractivity contribution in [2.75, 3.05) is 0 Å². The molecule has 2 heteroatoms. The lowest BCUT2D eigenvalue weighted by atomic mass is 9.97. The van der Waals surface area contributed by atoms with E-state index in [0.717, 1.165) is 30.6 Å². The molecule has 1 heterocycles. The van der Waals surface area contributed by atoms with Crippen molar-refractivity contribution >= 4 is 0 Å². The molecule has 0 saturated heterocycles. The lowest BCUT2D eigenvalue weighted by molar-refractivity contribution is 0.796. The first-order valence-corrected chi connectivity index (χ1v) is 10.1. The minimum atomic E-state index is 1.02. The molecule has 4 aromatic rings. The zero-order valence-corrected chi connectivity index (χ0v) is 16.6. The van der Waals surface area contributed by atoms with Gasteiger partial charge >= 0.3 is 0 Å². The van der Waals surface area contributed by atoms with Crippen molar-refractivity contribution in [1.82, 2.24) is 9.78 Å². The summed E-state index contributed by atoms with van der Waals surface area (Å²) in [5.74, 6) is 0. The molecule has 0 saturated carbocycles. The van der Waals surface area contributed by atoms with E-state index in [2.05, 4.69) is 103 Å². The van der Waals surface area contributed by atoms with Crippen LogP contribution in [0, 0.1) is 6.92 Å². The van der Waals surface area contributed by atoms with Gasteiger partial charge in [-0.25, -0.2) is 4.68 Å². The summed E-state index contributed by atoms with van der Waals surface area (Å²) in [6.07, 6.45) is 3.34. The summed E-state index contributed by atoms with van der Waals surface area (Å²) in [5.41, 5.74) is 8.39. The van der Waals surface area contributed by atoms with E-state index in [1.807, 2.05) is 0 Å². The highest BCUT2D eigenvalue weighted by Crippen LogP contribution is 2.35. The molecule has 0 atom stereocenters. The van der Waals surface area contributed by atoms with Crippen LogP contribution in [-0.4, -0.2) is 9.78 Å². The first-order valence-electron chi connectivity index (χ1n) is 10.1. The maximum absolute atomic E-state index is 5.12. The molecule has 0 aliphatic carbocycles. The number of rotatable bonds is 6. The monoisotopic (exact) mass is 366 g/mol. The number of hydrogen-bond acceptors (Lipinski definition) is 1. The lowest BCUT2D eigenvalue weighted by Crippen LogP contribution is -2.00. The summed E-state index contributed by atoms with van der Waals surface area (Å²) in [7, 11) is 0. The molecule has 3 aromatic carbocycles. The fourth-order valence-electron chi connectivity index (χ4n) is 3.63. The molecule has 2 nitrogen and oxygen atoms in total.